The van der Waals surface area contributed by atoms with Crippen LogP contribution in [0.25, 0.3) is 0 Å². The van der Waals surface area contributed by atoms with E-state index in [0.29, 0.717) is 19.6 Å². The number of benzene rings is 2. The molecule has 3 aliphatic rings. The van der Waals surface area contributed by atoms with Gasteiger partial charge in [0, 0.05) is 67.4 Å². The molecule has 51 heavy (non-hydrogen) atoms. The topological polar surface area (TPSA) is 73.1 Å². The molecule has 1 N–H and O–H groups in total. The number of para-hydroxylation sites is 2. The van der Waals surface area contributed by atoms with Gasteiger partial charge < -0.3 is 19.6 Å². The maximum atomic E-state index is 12.7. The Balaban J connectivity index is 1.50. The third kappa shape index (κ3) is 8.08. The van der Waals surface area contributed by atoms with Crippen molar-refractivity contribution in [1.82, 2.24) is 4.90 Å². The summed E-state index contributed by atoms with van der Waals surface area (Å²) in [5.41, 5.74) is 9.98. The first kappa shape index (κ1) is 37.9. The maximum absolute atomic E-state index is 12.7. The molecule has 5 rings (SSSR count). The highest BCUT2D eigenvalue weighted by Gasteiger charge is 2.44. The Morgan fingerprint density at radius 2 is 1.65 bits per heavy atom. The van der Waals surface area contributed by atoms with Gasteiger partial charge in [-0.2, -0.15) is 4.58 Å². The molecule has 0 radical (unpaired) electrons. The summed E-state index contributed by atoms with van der Waals surface area (Å²) in [6.07, 6.45) is 14.7. The highest BCUT2D eigenvalue weighted by atomic mass is 16.5. The number of carboxylic acids is 1. The zero-order chi connectivity index (χ0) is 36.8. The summed E-state index contributed by atoms with van der Waals surface area (Å²) >= 11 is 0. The lowest BCUT2D eigenvalue weighted by molar-refractivity contribution is -0.437. The number of anilines is 1. The normalized spacial score (nSPS) is 19.3. The molecule has 1 aliphatic carbocycles. The Bertz CT molecular complexity index is 1770. The lowest BCUT2D eigenvalue weighted by Gasteiger charge is -2.27. The SMILES string of the molecule is CCCN1C(=CC=C2CCCC(C=CC3=[N+](CCC)c4ccccc4C3(C)C)=C2OCCN(C)C(=O)CCCC(=O)O)C(C)(C)c2ccccc21. The van der Waals surface area contributed by atoms with Gasteiger partial charge >= 0.3 is 5.97 Å². The van der Waals surface area contributed by atoms with Gasteiger partial charge in [-0.25, -0.2) is 0 Å². The van der Waals surface area contributed by atoms with E-state index in [2.05, 4.69) is 124 Å². The minimum atomic E-state index is -0.878. The van der Waals surface area contributed by atoms with Crippen LogP contribution in [0.1, 0.15) is 104 Å². The molecule has 2 aromatic carbocycles. The fraction of sp³-hybridized carbons (Fsp3) is 0.477. The number of likely N-dealkylation sites (N-methyl/N-ethyl adjacent to an activating group) is 1. The molecule has 2 heterocycles. The van der Waals surface area contributed by atoms with Crippen LogP contribution < -0.4 is 4.90 Å². The fourth-order valence-corrected chi connectivity index (χ4v) is 7.97. The number of hydrogen-bond acceptors (Lipinski definition) is 4. The van der Waals surface area contributed by atoms with Crippen LogP contribution in [0.4, 0.5) is 11.4 Å². The first-order valence-corrected chi connectivity index (χ1v) is 18.9. The van der Waals surface area contributed by atoms with Gasteiger partial charge in [-0.1, -0.05) is 70.2 Å². The van der Waals surface area contributed by atoms with Crippen molar-refractivity contribution in [1.29, 1.82) is 0 Å². The Hall–Kier alpha value is -4.39. The van der Waals surface area contributed by atoms with Gasteiger partial charge in [0.15, 0.2) is 5.71 Å². The van der Waals surface area contributed by atoms with Crippen molar-refractivity contribution < 1.29 is 24.0 Å². The number of aliphatic carboxylic acids is 1. The van der Waals surface area contributed by atoms with Gasteiger partial charge in [0.1, 0.15) is 18.9 Å². The van der Waals surface area contributed by atoms with Gasteiger partial charge in [0.25, 0.3) is 0 Å². The average molecular weight is 693 g/mol. The second-order valence-electron chi connectivity index (χ2n) is 15.2. The van der Waals surface area contributed by atoms with Crippen molar-refractivity contribution in [2.45, 2.75) is 104 Å². The van der Waals surface area contributed by atoms with Gasteiger partial charge in [-0.05, 0) is 80.9 Å². The average Bonchev–Trinajstić information content (AvgIpc) is 3.45. The van der Waals surface area contributed by atoms with Gasteiger partial charge in [0.2, 0.25) is 11.6 Å². The molecule has 0 unspecified atom stereocenters. The van der Waals surface area contributed by atoms with E-state index >= 15 is 0 Å². The second kappa shape index (κ2) is 16.3. The zero-order valence-corrected chi connectivity index (χ0v) is 31.9. The molecule has 0 fully saturated rings. The van der Waals surface area contributed by atoms with E-state index in [1.54, 1.807) is 11.9 Å². The molecule has 272 valence electrons. The predicted molar refractivity (Wildman–Crippen MR) is 208 cm³/mol. The first-order valence-electron chi connectivity index (χ1n) is 18.9. The number of carbonyl (C=O) groups excluding carboxylic acids is 1. The maximum Gasteiger partial charge on any atom is 0.303 e. The Kier molecular flexibility index (Phi) is 12.1. The van der Waals surface area contributed by atoms with E-state index in [-0.39, 0.29) is 29.6 Å². The minimum Gasteiger partial charge on any atom is -0.491 e. The molecule has 7 heteroatoms. The highest BCUT2D eigenvalue weighted by molar-refractivity contribution is 6.03. The monoisotopic (exact) mass is 692 g/mol. The second-order valence-corrected chi connectivity index (χ2v) is 15.2. The van der Waals surface area contributed by atoms with Crippen molar-refractivity contribution in [2.24, 2.45) is 0 Å². The minimum absolute atomic E-state index is 0.00350. The van der Waals surface area contributed by atoms with Gasteiger partial charge in [-0.3, -0.25) is 9.59 Å². The van der Waals surface area contributed by atoms with E-state index in [1.165, 1.54) is 45.1 Å². The van der Waals surface area contributed by atoms with Crippen LogP contribution >= 0.6 is 0 Å². The standard InChI is InChI=1S/C44H57N3O4/c1-8-28-46-36-20-12-10-18-34(36)43(3,4)38(46)26-24-32-16-14-17-33(42(32)51-31-30-45(7)40(48)22-15-23-41(49)50)25-27-39-44(5,6)35-19-11-13-21-37(35)47(39)29-9-2/h10-13,18-21,24-27H,8-9,14-17,22-23,28-31H2,1-7H3/p+1. The number of fused-ring (bicyclic) bond motifs is 2. The summed E-state index contributed by atoms with van der Waals surface area (Å²) in [7, 11) is 1.77. The molecule has 0 saturated heterocycles. The number of amides is 1. The van der Waals surface area contributed by atoms with Crippen LogP contribution in [0.3, 0.4) is 0 Å². The van der Waals surface area contributed by atoms with Crippen molar-refractivity contribution in [3.05, 3.63) is 107 Å². The smallest absolute Gasteiger partial charge is 0.303 e. The number of carbonyl (C=O) groups is 2. The third-order valence-electron chi connectivity index (χ3n) is 10.7. The van der Waals surface area contributed by atoms with E-state index < -0.39 is 5.97 Å². The Morgan fingerprint density at radius 3 is 2.37 bits per heavy atom. The van der Waals surface area contributed by atoms with Crippen LogP contribution in [0.2, 0.25) is 0 Å². The molecular formula is C44H58N3O4+. The Labute approximate surface area is 305 Å². The molecule has 7 nitrogen and oxygen atoms in total. The highest BCUT2D eigenvalue weighted by Crippen LogP contribution is 2.48. The molecule has 0 atom stereocenters. The molecular weight excluding hydrogens is 635 g/mol. The summed E-state index contributed by atoms with van der Waals surface area (Å²) in [6, 6.07) is 17.5. The summed E-state index contributed by atoms with van der Waals surface area (Å²) in [6.45, 7) is 16.4. The molecule has 1 amide bonds. The van der Waals surface area contributed by atoms with Crippen LogP contribution in [0.5, 0.6) is 0 Å². The van der Waals surface area contributed by atoms with Crippen molar-refractivity contribution >= 4 is 29.0 Å². The molecule has 0 aromatic heterocycles. The molecule has 2 aliphatic heterocycles. The molecule has 0 spiro atoms. The molecule has 0 saturated carbocycles. The van der Waals surface area contributed by atoms with Crippen molar-refractivity contribution in [3.8, 4) is 0 Å². The number of hydrogen-bond donors (Lipinski definition) is 1. The summed E-state index contributed by atoms with van der Waals surface area (Å²) in [4.78, 5) is 27.8. The van der Waals surface area contributed by atoms with E-state index in [1.807, 2.05) is 0 Å². The van der Waals surface area contributed by atoms with Crippen LogP contribution in [-0.2, 0) is 25.2 Å². The van der Waals surface area contributed by atoms with Gasteiger partial charge in [-0.15, -0.1) is 0 Å². The lowest BCUT2D eigenvalue weighted by Crippen LogP contribution is -2.30. The molecule has 2 aromatic rings. The van der Waals surface area contributed by atoms with Crippen molar-refractivity contribution in [2.75, 3.05) is 38.2 Å². The fourth-order valence-electron chi connectivity index (χ4n) is 7.97. The Morgan fingerprint density at radius 1 is 0.922 bits per heavy atom. The van der Waals surface area contributed by atoms with Crippen molar-refractivity contribution in [3.63, 3.8) is 0 Å². The summed E-state index contributed by atoms with van der Waals surface area (Å²) in [5.74, 6) is -0.0311. The van der Waals surface area contributed by atoms with Crippen LogP contribution in [0.15, 0.2) is 95.4 Å². The van der Waals surface area contributed by atoms with E-state index in [9.17, 15) is 9.59 Å². The number of rotatable bonds is 15. The lowest BCUT2D eigenvalue weighted by atomic mass is 9.81. The number of ether oxygens (including phenoxy) is 1. The van der Waals surface area contributed by atoms with E-state index in [0.717, 1.165) is 51.0 Å². The van der Waals surface area contributed by atoms with Gasteiger partial charge in [0.05, 0.1) is 12.0 Å². The van der Waals surface area contributed by atoms with Crippen LogP contribution in [-0.4, -0.2) is 65.5 Å². The third-order valence-corrected chi connectivity index (χ3v) is 10.7. The summed E-state index contributed by atoms with van der Waals surface area (Å²) in [5, 5.41) is 8.99. The van der Waals surface area contributed by atoms with E-state index in [4.69, 9.17) is 9.84 Å². The first-order chi connectivity index (χ1) is 24.4. The summed E-state index contributed by atoms with van der Waals surface area (Å²) < 4.78 is 9.16. The number of carboxylic acid groups (broad SMARTS) is 1. The zero-order valence-electron chi connectivity index (χ0n) is 31.9. The number of nitrogens with zero attached hydrogens (tertiary/aromatic N) is 3. The number of allylic oxidation sites excluding steroid dienone is 7. The predicted octanol–water partition coefficient (Wildman–Crippen LogP) is 9.22. The molecule has 0 bridgehead atoms. The quantitative estimate of drug-likeness (QED) is 0.189. The van der Waals surface area contributed by atoms with Crippen LogP contribution in [0, 0.1) is 0 Å². The largest absolute Gasteiger partial charge is 0.491 e.